The maximum Gasteiger partial charge on any atom is 0.243 e. The third-order valence-corrected chi connectivity index (χ3v) is 7.91. The molecule has 0 amide bonds. The smallest absolute Gasteiger partial charge is 0.243 e. The summed E-state index contributed by atoms with van der Waals surface area (Å²) in [5, 5.41) is 0.509. The Bertz CT molecular complexity index is 699. The van der Waals surface area contributed by atoms with Gasteiger partial charge in [0, 0.05) is 31.2 Å². The molecule has 25 heavy (non-hydrogen) atoms. The van der Waals surface area contributed by atoms with E-state index in [1.54, 1.807) is 22.5 Å². The summed E-state index contributed by atoms with van der Waals surface area (Å²) >= 11 is 6.11. The molecule has 1 atom stereocenters. The first-order chi connectivity index (χ1) is 11.9. The highest BCUT2D eigenvalue weighted by Crippen LogP contribution is 2.28. The van der Waals surface area contributed by atoms with E-state index in [0.29, 0.717) is 28.9 Å². The van der Waals surface area contributed by atoms with Gasteiger partial charge in [-0.1, -0.05) is 24.6 Å². The van der Waals surface area contributed by atoms with Gasteiger partial charge in [-0.2, -0.15) is 4.31 Å². The summed E-state index contributed by atoms with van der Waals surface area (Å²) in [6.45, 7) is 8.95. The average molecular weight is 385 g/mol. The van der Waals surface area contributed by atoms with E-state index in [1.807, 2.05) is 6.92 Å². The minimum atomic E-state index is -3.43. The van der Waals surface area contributed by atoms with Gasteiger partial charge in [-0.25, -0.2) is 8.42 Å². The molecule has 0 aromatic heterocycles. The summed E-state index contributed by atoms with van der Waals surface area (Å²) in [4.78, 5) is 2.88. The summed E-state index contributed by atoms with van der Waals surface area (Å²) in [6.07, 6.45) is 4.53. The normalized spacial score (nSPS) is 24.5. The van der Waals surface area contributed by atoms with E-state index in [-0.39, 0.29) is 0 Å². The van der Waals surface area contributed by atoms with Crippen LogP contribution in [0.4, 0.5) is 0 Å². The van der Waals surface area contributed by atoms with Crippen LogP contribution in [-0.4, -0.2) is 50.3 Å². The molecule has 4 nitrogen and oxygen atoms in total. The molecule has 140 valence electrons. The molecule has 1 aromatic rings. The van der Waals surface area contributed by atoms with E-state index in [2.05, 4.69) is 11.8 Å². The molecular weight excluding hydrogens is 356 g/mol. The number of rotatable bonds is 4. The summed E-state index contributed by atoms with van der Waals surface area (Å²) < 4.78 is 27.3. The number of nitrogens with zero attached hydrogens (tertiary/aromatic N) is 2. The minimum Gasteiger partial charge on any atom is -0.303 e. The van der Waals surface area contributed by atoms with E-state index < -0.39 is 10.0 Å². The maximum atomic E-state index is 12.8. The largest absolute Gasteiger partial charge is 0.303 e. The predicted molar refractivity (Wildman–Crippen MR) is 103 cm³/mol. The number of likely N-dealkylation sites (tertiary alicyclic amines) is 1. The molecular formula is C19H29ClN2O2S. The Balaban J connectivity index is 1.58. The van der Waals surface area contributed by atoms with Crippen molar-refractivity contribution in [3.8, 4) is 0 Å². The molecule has 2 aliphatic heterocycles. The van der Waals surface area contributed by atoms with Gasteiger partial charge in [-0.05, 0) is 68.7 Å². The van der Waals surface area contributed by atoms with Crippen LogP contribution in [0.3, 0.4) is 0 Å². The maximum absolute atomic E-state index is 12.8. The first-order valence-electron chi connectivity index (χ1n) is 9.35. The number of sulfonamides is 1. The fraction of sp³-hybridized carbons (Fsp3) is 0.684. The Morgan fingerprint density at radius 2 is 1.88 bits per heavy atom. The van der Waals surface area contributed by atoms with Crippen LogP contribution in [-0.2, 0) is 10.0 Å². The zero-order valence-corrected chi connectivity index (χ0v) is 16.8. The van der Waals surface area contributed by atoms with Crippen molar-refractivity contribution < 1.29 is 8.42 Å². The molecule has 2 saturated heterocycles. The fourth-order valence-corrected chi connectivity index (χ4v) is 5.77. The monoisotopic (exact) mass is 384 g/mol. The van der Waals surface area contributed by atoms with Crippen LogP contribution in [0.2, 0.25) is 5.02 Å². The average Bonchev–Trinajstić information content (AvgIpc) is 2.58. The lowest BCUT2D eigenvalue weighted by molar-refractivity contribution is 0.136. The van der Waals surface area contributed by atoms with Crippen molar-refractivity contribution >= 4 is 21.6 Å². The van der Waals surface area contributed by atoms with Gasteiger partial charge >= 0.3 is 0 Å². The van der Waals surface area contributed by atoms with Crippen molar-refractivity contribution in [3.63, 3.8) is 0 Å². The van der Waals surface area contributed by atoms with Crippen molar-refractivity contribution in [1.29, 1.82) is 0 Å². The Labute approximate surface area is 157 Å². The molecule has 0 bridgehead atoms. The molecule has 0 N–H and O–H groups in total. The number of hydrogen-bond donors (Lipinski definition) is 0. The molecule has 0 saturated carbocycles. The van der Waals surface area contributed by atoms with Crippen molar-refractivity contribution in [3.05, 3.63) is 28.8 Å². The topological polar surface area (TPSA) is 40.6 Å². The second-order valence-electron chi connectivity index (χ2n) is 7.77. The van der Waals surface area contributed by atoms with Crippen LogP contribution >= 0.6 is 11.6 Å². The second-order valence-corrected chi connectivity index (χ2v) is 10.1. The molecule has 0 unspecified atom stereocenters. The molecule has 2 fully saturated rings. The van der Waals surface area contributed by atoms with Crippen molar-refractivity contribution in [1.82, 2.24) is 9.21 Å². The van der Waals surface area contributed by atoms with Gasteiger partial charge in [0.1, 0.15) is 0 Å². The SMILES string of the molecule is Cc1ccc(S(=O)(=O)N2CCC(CN3CCC[C@H](C)C3)CC2)cc1Cl. The number of hydrogen-bond acceptors (Lipinski definition) is 3. The molecule has 1 aromatic carbocycles. The van der Waals surface area contributed by atoms with Crippen LogP contribution in [0.1, 0.15) is 38.2 Å². The lowest BCUT2D eigenvalue weighted by Gasteiger charge is -2.37. The first-order valence-corrected chi connectivity index (χ1v) is 11.2. The van der Waals surface area contributed by atoms with E-state index >= 15 is 0 Å². The highest BCUT2D eigenvalue weighted by Gasteiger charge is 2.30. The van der Waals surface area contributed by atoms with Gasteiger partial charge in [0.25, 0.3) is 0 Å². The van der Waals surface area contributed by atoms with Crippen LogP contribution < -0.4 is 0 Å². The van der Waals surface area contributed by atoms with Crippen molar-refractivity contribution in [2.75, 3.05) is 32.7 Å². The Kier molecular flexibility index (Phi) is 6.09. The molecule has 2 heterocycles. The van der Waals surface area contributed by atoms with Gasteiger partial charge in [0.05, 0.1) is 4.90 Å². The van der Waals surface area contributed by atoms with E-state index in [1.165, 1.54) is 25.9 Å². The van der Waals surface area contributed by atoms with Crippen molar-refractivity contribution in [2.45, 2.75) is 44.4 Å². The summed E-state index contributed by atoms with van der Waals surface area (Å²) in [5.41, 5.74) is 0.898. The van der Waals surface area contributed by atoms with Crippen molar-refractivity contribution in [2.24, 2.45) is 11.8 Å². The van der Waals surface area contributed by atoms with E-state index in [9.17, 15) is 8.42 Å². The lowest BCUT2D eigenvalue weighted by atomic mass is 9.94. The number of halogens is 1. The Morgan fingerprint density at radius 3 is 2.52 bits per heavy atom. The first kappa shape index (κ1) is 19.2. The lowest BCUT2D eigenvalue weighted by Crippen LogP contribution is -2.43. The summed E-state index contributed by atoms with van der Waals surface area (Å²) in [6, 6.07) is 5.02. The molecule has 0 radical (unpaired) electrons. The van der Waals surface area contributed by atoms with E-state index in [0.717, 1.165) is 30.9 Å². The van der Waals surface area contributed by atoms with Crippen LogP contribution in [0.15, 0.2) is 23.1 Å². The highest BCUT2D eigenvalue weighted by molar-refractivity contribution is 7.89. The Morgan fingerprint density at radius 1 is 1.16 bits per heavy atom. The zero-order chi connectivity index (χ0) is 18.0. The van der Waals surface area contributed by atoms with Crippen LogP contribution in [0.25, 0.3) is 0 Å². The number of benzene rings is 1. The van der Waals surface area contributed by atoms with Gasteiger partial charge in [0.15, 0.2) is 0 Å². The zero-order valence-electron chi connectivity index (χ0n) is 15.2. The fourth-order valence-electron chi connectivity index (χ4n) is 4.03. The summed E-state index contributed by atoms with van der Waals surface area (Å²) in [5.74, 6) is 1.40. The van der Waals surface area contributed by atoms with Crippen LogP contribution in [0, 0.1) is 18.8 Å². The van der Waals surface area contributed by atoms with Gasteiger partial charge in [-0.3, -0.25) is 0 Å². The predicted octanol–water partition coefficient (Wildman–Crippen LogP) is 3.78. The van der Waals surface area contributed by atoms with Crippen LogP contribution in [0.5, 0.6) is 0 Å². The third-order valence-electron chi connectivity index (χ3n) is 5.61. The van der Waals surface area contributed by atoms with Gasteiger partial charge < -0.3 is 4.90 Å². The Hall–Kier alpha value is -0.620. The standard InChI is InChI=1S/C19H29ClN2O2S/c1-15-4-3-9-21(13-15)14-17-7-10-22(11-8-17)25(23,24)18-6-5-16(2)19(20)12-18/h5-6,12,15,17H,3-4,7-11,13-14H2,1-2H3/t15-/m0/s1. The number of piperidine rings is 2. The second kappa shape index (κ2) is 7.95. The minimum absolute atomic E-state index is 0.311. The highest BCUT2D eigenvalue weighted by atomic mass is 35.5. The van der Waals surface area contributed by atoms with Gasteiger partial charge in [-0.15, -0.1) is 0 Å². The third kappa shape index (κ3) is 4.57. The molecule has 3 rings (SSSR count). The molecule has 6 heteroatoms. The van der Waals surface area contributed by atoms with E-state index in [4.69, 9.17) is 11.6 Å². The quantitative estimate of drug-likeness (QED) is 0.793. The molecule has 0 aliphatic carbocycles. The van der Waals surface area contributed by atoms with Gasteiger partial charge in [0.2, 0.25) is 10.0 Å². The molecule has 2 aliphatic rings. The summed E-state index contributed by atoms with van der Waals surface area (Å²) in [7, 11) is -3.43. The molecule has 0 spiro atoms. The number of aryl methyl sites for hydroxylation is 1.